The molecule has 4 nitrogen and oxygen atoms in total. The van der Waals surface area contributed by atoms with E-state index in [-0.39, 0.29) is 22.0 Å². The molecule has 0 aliphatic carbocycles. The first-order chi connectivity index (χ1) is 13.2. The molecule has 0 radical (unpaired) electrons. The van der Waals surface area contributed by atoms with Gasteiger partial charge in [0, 0.05) is 10.0 Å². The molecule has 146 valence electrons. The van der Waals surface area contributed by atoms with Crippen LogP contribution in [0.5, 0.6) is 11.5 Å². The number of methoxy groups -OCH3 is 1. The maximum atomic E-state index is 13.6. The summed E-state index contributed by atoms with van der Waals surface area (Å²) in [5.74, 6) is 0.0209. The zero-order valence-electron chi connectivity index (χ0n) is 15.8. The molecule has 3 aromatic rings. The van der Waals surface area contributed by atoms with Crippen LogP contribution < -0.4 is 4.74 Å². The first kappa shape index (κ1) is 20.4. The number of hydrogen-bond donors (Lipinski definition) is 1. The predicted molar refractivity (Wildman–Crippen MR) is 114 cm³/mol. The van der Waals surface area contributed by atoms with E-state index in [9.17, 15) is 13.5 Å². The van der Waals surface area contributed by atoms with Crippen molar-refractivity contribution in [2.24, 2.45) is 0 Å². The van der Waals surface area contributed by atoms with Gasteiger partial charge in [-0.1, -0.05) is 63.5 Å². The zero-order valence-corrected chi connectivity index (χ0v) is 18.2. The topological polar surface area (TPSA) is 63.6 Å². The van der Waals surface area contributed by atoms with Gasteiger partial charge in [0.25, 0.3) is 0 Å². The van der Waals surface area contributed by atoms with Crippen LogP contribution in [0.15, 0.2) is 70.0 Å². The van der Waals surface area contributed by atoms with Gasteiger partial charge in [-0.15, -0.1) is 0 Å². The molecule has 0 spiro atoms. The molecule has 0 saturated carbocycles. The molecule has 1 atom stereocenters. The summed E-state index contributed by atoms with van der Waals surface area (Å²) in [7, 11) is -2.41. The van der Waals surface area contributed by atoms with Crippen molar-refractivity contribution in [3.05, 3.63) is 87.4 Å². The Balaban J connectivity index is 2.29. The van der Waals surface area contributed by atoms with Gasteiger partial charge in [0.15, 0.2) is 21.3 Å². The van der Waals surface area contributed by atoms with Crippen LogP contribution in [0.2, 0.25) is 0 Å². The molecule has 3 rings (SSSR count). The van der Waals surface area contributed by atoms with Crippen LogP contribution in [0.3, 0.4) is 0 Å². The summed E-state index contributed by atoms with van der Waals surface area (Å²) in [5, 5.41) is 9.66. The number of halogens is 1. The van der Waals surface area contributed by atoms with Crippen molar-refractivity contribution in [2.45, 2.75) is 24.0 Å². The summed E-state index contributed by atoms with van der Waals surface area (Å²) in [5.41, 5.74) is 2.82. The summed E-state index contributed by atoms with van der Waals surface area (Å²) < 4.78 is 33.1. The normalized spacial score (nSPS) is 12.6. The number of sulfone groups is 1. The van der Waals surface area contributed by atoms with Crippen LogP contribution in [0.4, 0.5) is 0 Å². The van der Waals surface area contributed by atoms with Gasteiger partial charge in [0.2, 0.25) is 0 Å². The van der Waals surface area contributed by atoms with Crippen molar-refractivity contribution in [3.8, 4) is 11.5 Å². The monoisotopic (exact) mass is 460 g/mol. The summed E-state index contributed by atoms with van der Waals surface area (Å²) in [6, 6.07) is 17.2. The van der Waals surface area contributed by atoms with Gasteiger partial charge in [-0.05, 0) is 43.7 Å². The third kappa shape index (κ3) is 3.93. The molecule has 1 unspecified atom stereocenters. The lowest BCUT2D eigenvalue weighted by Gasteiger charge is -2.21. The van der Waals surface area contributed by atoms with E-state index in [1.165, 1.54) is 7.11 Å². The van der Waals surface area contributed by atoms with Gasteiger partial charge in [0.1, 0.15) is 5.25 Å². The van der Waals surface area contributed by atoms with Crippen LogP contribution in [0.1, 0.15) is 27.5 Å². The molecule has 0 saturated heterocycles. The lowest BCUT2D eigenvalue weighted by molar-refractivity contribution is 0.370. The minimum Gasteiger partial charge on any atom is -0.504 e. The lowest BCUT2D eigenvalue weighted by Crippen LogP contribution is -2.16. The Morgan fingerprint density at radius 1 is 0.929 bits per heavy atom. The van der Waals surface area contributed by atoms with E-state index in [2.05, 4.69) is 15.9 Å². The van der Waals surface area contributed by atoms with Crippen LogP contribution >= 0.6 is 15.9 Å². The van der Waals surface area contributed by atoms with E-state index in [0.29, 0.717) is 10.0 Å². The van der Waals surface area contributed by atoms with Gasteiger partial charge < -0.3 is 9.84 Å². The maximum absolute atomic E-state index is 13.6. The highest BCUT2D eigenvalue weighted by atomic mass is 79.9. The number of aryl methyl sites for hydroxylation is 2. The van der Waals surface area contributed by atoms with Crippen LogP contribution in [-0.4, -0.2) is 20.6 Å². The molecule has 1 N–H and O–H groups in total. The van der Waals surface area contributed by atoms with Crippen LogP contribution in [-0.2, 0) is 9.84 Å². The fourth-order valence-electron chi connectivity index (χ4n) is 3.08. The standard InChI is InChI=1S/C22H21BrO4S/c1-14-4-8-16(9-5-14)22(19-12-17(23)13-20(27-3)21(19)24)28(25,26)18-10-6-15(2)7-11-18/h4-13,22,24H,1-3H3. The second-order valence-electron chi connectivity index (χ2n) is 6.69. The van der Waals surface area contributed by atoms with Crippen molar-refractivity contribution in [2.75, 3.05) is 7.11 Å². The van der Waals surface area contributed by atoms with Crippen molar-refractivity contribution < 1.29 is 18.3 Å². The van der Waals surface area contributed by atoms with Gasteiger partial charge in [-0.2, -0.15) is 0 Å². The van der Waals surface area contributed by atoms with E-state index < -0.39 is 15.1 Å². The highest BCUT2D eigenvalue weighted by Crippen LogP contribution is 2.44. The third-order valence-corrected chi connectivity index (χ3v) is 7.15. The van der Waals surface area contributed by atoms with E-state index >= 15 is 0 Å². The molecule has 0 bridgehead atoms. The summed E-state index contributed by atoms with van der Waals surface area (Å²) in [4.78, 5) is 0.196. The van der Waals surface area contributed by atoms with Gasteiger partial charge in [-0.3, -0.25) is 0 Å². The van der Waals surface area contributed by atoms with Gasteiger partial charge in [-0.25, -0.2) is 8.42 Å². The van der Waals surface area contributed by atoms with Crippen LogP contribution in [0, 0.1) is 13.8 Å². The Morgan fingerprint density at radius 2 is 1.46 bits per heavy atom. The summed E-state index contributed by atoms with van der Waals surface area (Å²) in [6.07, 6.45) is 0. The first-order valence-electron chi connectivity index (χ1n) is 8.67. The predicted octanol–water partition coefficient (Wildman–Crippen LogP) is 5.34. The highest BCUT2D eigenvalue weighted by Gasteiger charge is 2.34. The second-order valence-corrected chi connectivity index (χ2v) is 9.64. The van der Waals surface area contributed by atoms with Crippen molar-refractivity contribution in [3.63, 3.8) is 0 Å². The molecule has 28 heavy (non-hydrogen) atoms. The molecule has 0 amide bonds. The summed E-state index contributed by atoms with van der Waals surface area (Å²) in [6.45, 7) is 3.84. The molecule has 0 aromatic heterocycles. The fraction of sp³-hybridized carbons (Fsp3) is 0.182. The Hall–Kier alpha value is -2.31. The average molecular weight is 461 g/mol. The van der Waals surface area contributed by atoms with Gasteiger partial charge in [0.05, 0.1) is 12.0 Å². The van der Waals surface area contributed by atoms with E-state index in [1.807, 2.05) is 26.0 Å². The molecular formula is C22H21BrO4S. The molecule has 0 fully saturated rings. The number of phenolic OH excluding ortho intramolecular Hbond substituents is 1. The number of rotatable bonds is 5. The van der Waals surface area contributed by atoms with E-state index in [4.69, 9.17) is 4.74 Å². The minimum atomic E-state index is -3.84. The van der Waals surface area contributed by atoms with Crippen molar-refractivity contribution >= 4 is 25.8 Å². The number of benzene rings is 3. The number of phenols is 1. The molecule has 0 heterocycles. The van der Waals surface area contributed by atoms with Gasteiger partial charge >= 0.3 is 0 Å². The van der Waals surface area contributed by atoms with E-state index in [0.717, 1.165) is 11.1 Å². The fourth-order valence-corrected chi connectivity index (χ4v) is 5.35. The van der Waals surface area contributed by atoms with Crippen molar-refractivity contribution in [1.29, 1.82) is 0 Å². The Kier molecular flexibility index (Phi) is 5.82. The first-order valence-corrected chi connectivity index (χ1v) is 11.0. The largest absolute Gasteiger partial charge is 0.504 e. The number of aromatic hydroxyl groups is 1. The SMILES string of the molecule is COc1cc(Br)cc(C(c2ccc(C)cc2)S(=O)(=O)c2ccc(C)cc2)c1O. The minimum absolute atomic E-state index is 0.188. The molecule has 0 aliphatic heterocycles. The smallest absolute Gasteiger partial charge is 0.189 e. The molecular weight excluding hydrogens is 440 g/mol. The maximum Gasteiger partial charge on any atom is 0.189 e. The van der Waals surface area contributed by atoms with Crippen LogP contribution in [0.25, 0.3) is 0 Å². The second kappa shape index (κ2) is 7.97. The lowest BCUT2D eigenvalue weighted by atomic mass is 10.0. The summed E-state index contributed by atoms with van der Waals surface area (Å²) >= 11 is 3.39. The Labute approximate surface area is 173 Å². The number of ether oxygens (including phenoxy) is 1. The molecule has 3 aromatic carbocycles. The number of hydrogen-bond acceptors (Lipinski definition) is 4. The quantitative estimate of drug-likeness (QED) is 0.557. The Morgan fingerprint density at radius 3 is 2.00 bits per heavy atom. The highest BCUT2D eigenvalue weighted by molar-refractivity contribution is 9.10. The van der Waals surface area contributed by atoms with E-state index in [1.54, 1.807) is 48.5 Å². The Bertz CT molecular complexity index is 1090. The van der Waals surface area contributed by atoms with Crippen molar-refractivity contribution in [1.82, 2.24) is 0 Å². The average Bonchev–Trinajstić information content (AvgIpc) is 2.66. The molecule has 0 aliphatic rings. The molecule has 6 heteroatoms. The zero-order chi connectivity index (χ0) is 20.5. The third-order valence-electron chi connectivity index (χ3n) is 4.61.